The van der Waals surface area contributed by atoms with Crippen LogP contribution >= 0.6 is 11.3 Å². The van der Waals surface area contributed by atoms with Crippen molar-refractivity contribution < 1.29 is 19.1 Å². The minimum atomic E-state index is -0.437. The molecule has 0 spiro atoms. The fourth-order valence-electron chi connectivity index (χ4n) is 3.09. The Morgan fingerprint density at radius 1 is 0.967 bits per heavy atom. The van der Waals surface area contributed by atoms with E-state index in [4.69, 9.17) is 9.47 Å². The molecule has 0 radical (unpaired) electrons. The molecule has 0 fully saturated rings. The molecule has 0 unspecified atom stereocenters. The van der Waals surface area contributed by atoms with E-state index >= 15 is 0 Å². The van der Waals surface area contributed by atoms with Crippen molar-refractivity contribution >= 4 is 28.2 Å². The second kappa shape index (κ2) is 10.1. The van der Waals surface area contributed by atoms with E-state index in [-0.39, 0.29) is 18.9 Å². The standard InChI is InChI=1S/C24H25NO4S/c1-4-16-6-10-18(11-7-16)20-15-30-23(22(20)24(27)29-5-2)25-21(26)14-17-8-12-19(28-3)13-9-17/h6-13,15H,4-5,14H2,1-3H3,(H,25,26). The minimum Gasteiger partial charge on any atom is -0.497 e. The molecule has 156 valence electrons. The molecule has 0 bridgehead atoms. The highest BCUT2D eigenvalue weighted by Gasteiger charge is 2.22. The van der Waals surface area contributed by atoms with Crippen LogP contribution in [-0.4, -0.2) is 25.6 Å². The summed E-state index contributed by atoms with van der Waals surface area (Å²) in [5, 5.41) is 5.27. The molecule has 30 heavy (non-hydrogen) atoms. The van der Waals surface area contributed by atoms with Gasteiger partial charge in [-0.2, -0.15) is 0 Å². The van der Waals surface area contributed by atoms with Gasteiger partial charge >= 0.3 is 5.97 Å². The second-order valence-electron chi connectivity index (χ2n) is 6.70. The first-order valence-electron chi connectivity index (χ1n) is 9.86. The molecule has 0 saturated carbocycles. The summed E-state index contributed by atoms with van der Waals surface area (Å²) in [5.74, 6) is 0.106. The average Bonchev–Trinajstić information content (AvgIpc) is 3.18. The highest BCUT2D eigenvalue weighted by atomic mass is 32.1. The number of amides is 1. The van der Waals surface area contributed by atoms with E-state index in [9.17, 15) is 9.59 Å². The summed E-state index contributed by atoms with van der Waals surface area (Å²) >= 11 is 1.33. The summed E-state index contributed by atoms with van der Waals surface area (Å²) in [4.78, 5) is 25.3. The second-order valence-corrected chi connectivity index (χ2v) is 7.58. The van der Waals surface area contributed by atoms with Gasteiger partial charge in [-0.25, -0.2) is 4.79 Å². The average molecular weight is 424 g/mol. The van der Waals surface area contributed by atoms with E-state index in [1.54, 1.807) is 14.0 Å². The molecule has 2 aromatic carbocycles. The maximum absolute atomic E-state index is 12.7. The summed E-state index contributed by atoms with van der Waals surface area (Å²) in [5.41, 5.74) is 4.16. The van der Waals surface area contributed by atoms with Crippen LogP contribution in [0.1, 0.15) is 35.3 Å². The quantitative estimate of drug-likeness (QED) is 0.497. The lowest BCUT2D eigenvalue weighted by molar-refractivity contribution is -0.115. The molecule has 1 amide bonds. The van der Waals surface area contributed by atoms with Crippen molar-refractivity contribution in [2.75, 3.05) is 19.0 Å². The molecule has 6 heteroatoms. The van der Waals surface area contributed by atoms with Gasteiger partial charge in [0.15, 0.2) is 0 Å². The van der Waals surface area contributed by atoms with Crippen LogP contribution in [0.15, 0.2) is 53.9 Å². The zero-order valence-electron chi connectivity index (χ0n) is 17.4. The molecular formula is C24H25NO4S. The van der Waals surface area contributed by atoms with Gasteiger partial charge in [0, 0.05) is 10.9 Å². The van der Waals surface area contributed by atoms with Crippen molar-refractivity contribution in [2.45, 2.75) is 26.7 Å². The molecule has 5 nitrogen and oxygen atoms in total. The number of carbonyl (C=O) groups is 2. The Bertz CT molecular complexity index is 1010. The topological polar surface area (TPSA) is 64.6 Å². The SMILES string of the molecule is CCOC(=O)c1c(-c2ccc(CC)cc2)csc1NC(=O)Cc1ccc(OC)cc1. The van der Waals surface area contributed by atoms with Crippen LogP contribution in [0.2, 0.25) is 0 Å². The molecule has 0 aliphatic heterocycles. The molecule has 0 saturated heterocycles. The lowest BCUT2D eigenvalue weighted by atomic mass is 10.0. The van der Waals surface area contributed by atoms with E-state index in [1.165, 1.54) is 16.9 Å². The van der Waals surface area contributed by atoms with Crippen LogP contribution in [-0.2, 0) is 22.4 Å². The third-order valence-corrected chi connectivity index (χ3v) is 5.62. The maximum atomic E-state index is 12.7. The Morgan fingerprint density at radius 3 is 2.23 bits per heavy atom. The van der Waals surface area contributed by atoms with Crippen LogP contribution in [0.3, 0.4) is 0 Å². The summed E-state index contributed by atoms with van der Waals surface area (Å²) in [6.07, 6.45) is 1.14. The number of thiophene rings is 1. The monoisotopic (exact) mass is 423 g/mol. The summed E-state index contributed by atoms with van der Waals surface area (Å²) in [6, 6.07) is 15.4. The van der Waals surface area contributed by atoms with Crippen molar-refractivity contribution in [2.24, 2.45) is 0 Å². The summed E-state index contributed by atoms with van der Waals surface area (Å²) in [7, 11) is 1.60. The molecule has 3 aromatic rings. The molecule has 0 aliphatic carbocycles. The molecule has 3 rings (SSSR count). The van der Waals surface area contributed by atoms with Gasteiger partial charge in [-0.05, 0) is 42.2 Å². The predicted molar refractivity (Wildman–Crippen MR) is 120 cm³/mol. The number of aryl methyl sites for hydroxylation is 1. The largest absolute Gasteiger partial charge is 0.497 e. The van der Waals surface area contributed by atoms with Crippen molar-refractivity contribution in [3.63, 3.8) is 0 Å². The summed E-state index contributed by atoms with van der Waals surface area (Å²) < 4.78 is 10.4. The fourth-order valence-corrected chi connectivity index (χ4v) is 4.06. The van der Waals surface area contributed by atoms with Crippen LogP contribution in [0.4, 0.5) is 5.00 Å². The maximum Gasteiger partial charge on any atom is 0.341 e. The molecule has 1 N–H and O–H groups in total. The predicted octanol–water partition coefficient (Wildman–Crippen LogP) is 5.34. The third kappa shape index (κ3) is 5.07. The molecule has 1 aromatic heterocycles. The molecule has 0 atom stereocenters. The minimum absolute atomic E-state index is 0.194. The van der Waals surface area contributed by atoms with Gasteiger partial charge in [0.05, 0.1) is 20.1 Å². The van der Waals surface area contributed by atoms with Crippen molar-refractivity contribution in [3.05, 3.63) is 70.6 Å². The summed E-state index contributed by atoms with van der Waals surface area (Å²) in [6.45, 7) is 4.13. The molecule has 0 aliphatic rings. The number of carbonyl (C=O) groups excluding carboxylic acids is 2. The lowest BCUT2D eigenvalue weighted by Crippen LogP contribution is -2.16. The van der Waals surface area contributed by atoms with E-state index in [1.807, 2.05) is 53.9 Å². The molecular weight excluding hydrogens is 398 g/mol. The molecule has 1 heterocycles. The van der Waals surface area contributed by atoms with Gasteiger partial charge in [-0.15, -0.1) is 11.3 Å². The first-order valence-corrected chi connectivity index (χ1v) is 10.7. The van der Waals surface area contributed by atoms with Crippen molar-refractivity contribution in [1.29, 1.82) is 0 Å². The van der Waals surface area contributed by atoms with E-state index in [0.717, 1.165) is 28.9 Å². The van der Waals surface area contributed by atoms with Crippen LogP contribution in [0, 0.1) is 0 Å². The highest BCUT2D eigenvalue weighted by Crippen LogP contribution is 2.36. The number of ether oxygens (including phenoxy) is 2. The van der Waals surface area contributed by atoms with Gasteiger partial charge in [-0.3, -0.25) is 4.79 Å². The van der Waals surface area contributed by atoms with Gasteiger partial charge in [-0.1, -0.05) is 43.3 Å². The first kappa shape index (κ1) is 21.6. The zero-order valence-corrected chi connectivity index (χ0v) is 18.2. The van der Waals surface area contributed by atoms with Gasteiger partial charge in [0.25, 0.3) is 0 Å². The first-order chi connectivity index (χ1) is 14.5. The van der Waals surface area contributed by atoms with Crippen LogP contribution < -0.4 is 10.1 Å². The number of esters is 1. The Labute approximate surface area is 180 Å². The smallest absolute Gasteiger partial charge is 0.341 e. The number of methoxy groups -OCH3 is 1. The Hall–Kier alpha value is -3.12. The van der Waals surface area contributed by atoms with E-state index in [2.05, 4.69) is 12.2 Å². The lowest BCUT2D eigenvalue weighted by Gasteiger charge is -2.09. The number of benzene rings is 2. The van der Waals surface area contributed by atoms with Gasteiger partial charge in [0.1, 0.15) is 16.3 Å². The van der Waals surface area contributed by atoms with Gasteiger partial charge in [0.2, 0.25) is 5.91 Å². The number of hydrogen-bond donors (Lipinski definition) is 1. The number of hydrogen-bond acceptors (Lipinski definition) is 5. The fraction of sp³-hybridized carbons (Fsp3) is 0.250. The Morgan fingerprint density at radius 2 is 1.63 bits per heavy atom. The normalized spacial score (nSPS) is 10.5. The third-order valence-electron chi connectivity index (χ3n) is 4.72. The number of rotatable bonds is 8. The van der Waals surface area contributed by atoms with Crippen molar-refractivity contribution in [3.8, 4) is 16.9 Å². The number of anilines is 1. The van der Waals surface area contributed by atoms with E-state index in [0.29, 0.717) is 10.6 Å². The van der Waals surface area contributed by atoms with Gasteiger partial charge < -0.3 is 14.8 Å². The van der Waals surface area contributed by atoms with Crippen LogP contribution in [0.5, 0.6) is 5.75 Å². The Balaban J connectivity index is 1.84. The number of nitrogens with one attached hydrogen (secondary N) is 1. The van der Waals surface area contributed by atoms with Crippen LogP contribution in [0.25, 0.3) is 11.1 Å². The highest BCUT2D eigenvalue weighted by molar-refractivity contribution is 7.15. The van der Waals surface area contributed by atoms with E-state index < -0.39 is 5.97 Å². The zero-order chi connectivity index (χ0) is 21.5. The van der Waals surface area contributed by atoms with Crippen molar-refractivity contribution in [1.82, 2.24) is 0 Å². The Kier molecular flexibility index (Phi) is 7.25.